The van der Waals surface area contributed by atoms with Gasteiger partial charge >= 0.3 is 23.9 Å². The molecule has 9 heteroatoms. The maximum atomic E-state index is 12.9. The third-order valence-corrected chi connectivity index (χ3v) is 7.28. The van der Waals surface area contributed by atoms with E-state index in [0.717, 1.165) is 22.3 Å². The van der Waals surface area contributed by atoms with Gasteiger partial charge in [0.1, 0.15) is 31.8 Å². The van der Waals surface area contributed by atoms with Crippen LogP contribution >= 0.6 is 0 Å². The van der Waals surface area contributed by atoms with Gasteiger partial charge in [0.25, 0.3) is 0 Å². The summed E-state index contributed by atoms with van der Waals surface area (Å²) in [6, 6.07) is 32.7. The minimum absolute atomic E-state index is 0.429. The molecule has 0 saturated heterocycles. The van der Waals surface area contributed by atoms with E-state index in [0.29, 0.717) is 11.3 Å². The zero-order chi connectivity index (χ0) is 36.3. The second kappa shape index (κ2) is 19.5. The minimum atomic E-state index is -1.49. The molecule has 4 aromatic rings. The van der Waals surface area contributed by atoms with Crippen molar-refractivity contribution >= 4 is 53.9 Å². The van der Waals surface area contributed by atoms with Crippen molar-refractivity contribution in [2.45, 2.75) is 6.92 Å². The second-order valence-electron chi connectivity index (χ2n) is 11.7. The van der Waals surface area contributed by atoms with Crippen molar-refractivity contribution in [3.63, 3.8) is 0 Å². The Balaban J connectivity index is 1.54. The predicted molar refractivity (Wildman–Crippen MR) is 197 cm³/mol. The number of hydrogen-bond acceptors (Lipinski definition) is 9. The standard InChI is InChI=1S/C42H39NO8/c1-32-10-8-15-35(26-32)20-24-40(46)50-30-42(28-48-38(44)22-18-33-11-4-2-5-12-33,29-49-39(45)23-19-34-13-6-3-7-14-34)31-51-41(47)25-21-36-16-9-17-37(43)27-36/h2-27H,28-31,43H2,1H3. The van der Waals surface area contributed by atoms with Gasteiger partial charge in [-0.2, -0.15) is 0 Å². The highest BCUT2D eigenvalue weighted by Crippen LogP contribution is 2.22. The monoisotopic (exact) mass is 685 g/mol. The smallest absolute Gasteiger partial charge is 0.330 e. The van der Waals surface area contributed by atoms with Gasteiger partial charge < -0.3 is 24.7 Å². The van der Waals surface area contributed by atoms with Crippen molar-refractivity contribution in [2.24, 2.45) is 5.41 Å². The van der Waals surface area contributed by atoms with Crippen LogP contribution in [0.4, 0.5) is 5.69 Å². The van der Waals surface area contributed by atoms with Gasteiger partial charge in [0.2, 0.25) is 0 Å². The molecule has 4 rings (SSSR count). The normalized spacial score (nSPS) is 12.6. The Morgan fingerprint density at radius 3 is 1.24 bits per heavy atom. The molecule has 2 N–H and O–H groups in total. The topological polar surface area (TPSA) is 131 Å². The van der Waals surface area contributed by atoms with E-state index in [1.165, 1.54) is 30.4 Å². The average Bonchev–Trinajstić information content (AvgIpc) is 3.15. The van der Waals surface area contributed by atoms with Crippen LogP contribution in [0.15, 0.2) is 133 Å². The van der Waals surface area contributed by atoms with E-state index < -0.39 is 55.7 Å². The van der Waals surface area contributed by atoms with E-state index in [2.05, 4.69) is 0 Å². The molecule has 4 aromatic carbocycles. The molecule has 0 spiro atoms. The maximum absolute atomic E-state index is 12.9. The Labute approximate surface area is 297 Å². The van der Waals surface area contributed by atoms with E-state index in [1.807, 2.05) is 91.9 Å². The summed E-state index contributed by atoms with van der Waals surface area (Å²) < 4.78 is 22.3. The fourth-order valence-electron chi connectivity index (χ4n) is 4.56. The van der Waals surface area contributed by atoms with Crippen molar-refractivity contribution in [2.75, 3.05) is 32.2 Å². The number of esters is 4. The van der Waals surface area contributed by atoms with Crippen molar-refractivity contribution < 1.29 is 38.1 Å². The molecule has 9 nitrogen and oxygen atoms in total. The van der Waals surface area contributed by atoms with Crippen LogP contribution in [0.3, 0.4) is 0 Å². The molecular weight excluding hydrogens is 646 g/mol. The predicted octanol–water partition coefficient (Wildman–Crippen LogP) is 6.89. The number of carbonyl (C=O) groups is 4. The quantitative estimate of drug-likeness (QED) is 0.0580. The number of benzene rings is 4. The third kappa shape index (κ3) is 13.9. The van der Waals surface area contributed by atoms with E-state index in [-0.39, 0.29) is 0 Å². The lowest BCUT2D eigenvalue weighted by Crippen LogP contribution is -2.43. The lowest BCUT2D eigenvalue weighted by molar-refractivity contribution is -0.164. The number of nitrogen functional groups attached to an aromatic ring is 1. The Morgan fingerprint density at radius 1 is 0.490 bits per heavy atom. The Morgan fingerprint density at radius 2 is 0.843 bits per heavy atom. The summed E-state index contributed by atoms with van der Waals surface area (Å²) in [6.45, 7) is 0.209. The summed E-state index contributed by atoms with van der Waals surface area (Å²) in [5, 5.41) is 0. The number of rotatable bonds is 16. The van der Waals surface area contributed by atoms with Crippen molar-refractivity contribution in [1.29, 1.82) is 0 Å². The lowest BCUT2D eigenvalue weighted by Gasteiger charge is -2.31. The average molecular weight is 686 g/mol. The summed E-state index contributed by atoms with van der Waals surface area (Å²) in [4.78, 5) is 51.4. The molecule has 0 bridgehead atoms. The van der Waals surface area contributed by atoms with Crippen molar-refractivity contribution in [3.8, 4) is 0 Å². The fourth-order valence-corrected chi connectivity index (χ4v) is 4.56. The van der Waals surface area contributed by atoms with Gasteiger partial charge in [0.05, 0.1) is 0 Å². The third-order valence-electron chi connectivity index (χ3n) is 7.28. The van der Waals surface area contributed by atoms with Crippen LogP contribution in [0.25, 0.3) is 24.3 Å². The molecule has 260 valence electrons. The molecule has 0 aliphatic carbocycles. The molecule has 0 amide bonds. The molecular formula is C42H39NO8. The van der Waals surface area contributed by atoms with Crippen molar-refractivity contribution in [1.82, 2.24) is 0 Å². The molecule has 51 heavy (non-hydrogen) atoms. The lowest BCUT2D eigenvalue weighted by atomic mass is 9.92. The number of carbonyl (C=O) groups excluding carboxylic acids is 4. The Bertz CT molecular complexity index is 1760. The highest BCUT2D eigenvalue weighted by atomic mass is 16.6. The zero-order valence-electron chi connectivity index (χ0n) is 28.2. The summed E-state index contributed by atoms with van der Waals surface area (Å²) in [6.07, 6.45) is 11.2. The van der Waals surface area contributed by atoms with Crippen LogP contribution in [0.1, 0.15) is 27.8 Å². The molecule has 0 heterocycles. The van der Waals surface area contributed by atoms with Crippen LogP contribution in [-0.4, -0.2) is 50.3 Å². The van der Waals surface area contributed by atoms with Crippen LogP contribution in [0, 0.1) is 12.3 Å². The highest BCUT2D eigenvalue weighted by molar-refractivity contribution is 5.89. The number of hydrogen-bond donors (Lipinski definition) is 1. The van der Waals surface area contributed by atoms with Gasteiger partial charge in [0.15, 0.2) is 0 Å². The van der Waals surface area contributed by atoms with Crippen LogP contribution in [0.2, 0.25) is 0 Å². The van der Waals surface area contributed by atoms with Gasteiger partial charge in [-0.15, -0.1) is 0 Å². The van der Waals surface area contributed by atoms with Crippen LogP contribution in [0.5, 0.6) is 0 Å². The molecule has 0 aliphatic heterocycles. The first-order valence-corrected chi connectivity index (χ1v) is 16.1. The first kappa shape index (κ1) is 37.3. The minimum Gasteiger partial charge on any atom is -0.462 e. The SMILES string of the molecule is Cc1cccc(C=CC(=O)OCC(COC(=O)C=Cc2ccccc2)(COC(=O)C=Cc2ccccc2)COC(=O)C=Cc2cccc(N)c2)c1. The molecule has 0 aliphatic rings. The largest absolute Gasteiger partial charge is 0.462 e. The Kier molecular flexibility index (Phi) is 14.3. The van der Waals surface area contributed by atoms with Gasteiger partial charge in [-0.3, -0.25) is 0 Å². The summed E-state index contributed by atoms with van der Waals surface area (Å²) in [7, 11) is 0. The first-order chi connectivity index (χ1) is 24.7. The number of ether oxygens (including phenoxy) is 4. The second-order valence-corrected chi connectivity index (χ2v) is 11.7. The highest BCUT2D eigenvalue weighted by Gasteiger charge is 2.37. The zero-order valence-corrected chi connectivity index (χ0v) is 28.2. The molecule has 0 unspecified atom stereocenters. The molecule has 0 atom stereocenters. The van der Waals surface area contributed by atoms with E-state index in [1.54, 1.807) is 42.5 Å². The van der Waals surface area contributed by atoms with E-state index in [4.69, 9.17) is 24.7 Å². The maximum Gasteiger partial charge on any atom is 0.330 e. The fraction of sp³-hybridized carbons (Fsp3) is 0.143. The molecule has 0 aromatic heterocycles. The molecule has 0 saturated carbocycles. The number of anilines is 1. The molecule has 0 radical (unpaired) electrons. The number of nitrogens with two attached hydrogens (primary N) is 1. The summed E-state index contributed by atoms with van der Waals surface area (Å²) in [5.74, 6) is -2.87. The first-order valence-electron chi connectivity index (χ1n) is 16.1. The van der Waals surface area contributed by atoms with Crippen LogP contribution < -0.4 is 5.73 Å². The van der Waals surface area contributed by atoms with Gasteiger partial charge in [0, 0.05) is 30.0 Å². The van der Waals surface area contributed by atoms with Gasteiger partial charge in [-0.05, 0) is 65.6 Å². The Hall–Kier alpha value is -6.48. The van der Waals surface area contributed by atoms with E-state index >= 15 is 0 Å². The molecule has 0 fully saturated rings. The summed E-state index contributed by atoms with van der Waals surface area (Å²) in [5.41, 5.74) is 8.90. The van der Waals surface area contributed by atoms with E-state index in [9.17, 15) is 19.2 Å². The van der Waals surface area contributed by atoms with Gasteiger partial charge in [-0.1, -0.05) is 103 Å². The van der Waals surface area contributed by atoms with Crippen LogP contribution in [-0.2, 0) is 38.1 Å². The number of aryl methyl sites for hydroxylation is 1. The van der Waals surface area contributed by atoms with Gasteiger partial charge in [-0.25, -0.2) is 19.2 Å². The summed E-state index contributed by atoms with van der Waals surface area (Å²) >= 11 is 0. The van der Waals surface area contributed by atoms with Crippen molar-refractivity contribution in [3.05, 3.63) is 161 Å².